The topological polar surface area (TPSA) is 108 Å². The van der Waals surface area contributed by atoms with E-state index in [0.717, 1.165) is 0 Å². The summed E-state index contributed by atoms with van der Waals surface area (Å²) in [6.07, 6.45) is 0. The monoisotopic (exact) mass is 301 g/mol. The van der Waals surface area contributed by atoms with Crippen molar-refractivity contribution in [1.29, 1.82) is 0 Å². The smallest absolute Gasteiger partial charge is 0.326 e. The molecule has 0 aromatic rings. The second kappa shape index (κ2) is 6.75. The molecule has 1 fully saturated rings. The number of hydrogen-bond donors (Lipinski definition) is 3. The van der Waals surface area contributed by atoms with Gasteiger partial charge >= 0.3 is 12.0 Å². The fourth-order valence-electron chi connectivity index (χ4n) is 2.09. The maximum absolute atomic E-state index is 12.3. The summed E-state index contributed by atoms with van der Waals surface area (Å²) in [5.41, 5.74) is -0.643. The molecule has 3 N–H and O–H groups in total. The Kier molecular flexibility index (Phi) is 5.54. The highest BCUT2D eigenvalue weighted by molar-refractivity contribution is 5.89. The zero-order valence-corrected chi connectivity index (χ0v) is 12.8. The minimum atomic E-state index is -1.11. The summed E-state index contributed by atoms with van der Waals surface area (Å²) in [6, 6.07) is -2.37. The van der Waals surface area contributed by atoms with E-state index < -0.39 is 29.5 Å². The molecule has 1 saturated heterocycles. The van der Waals surface area contributed by atoms with Crippen LogP contribution >= 0.6 is 0 Å². The normalized spacial score (nSPS) is 20.6. The van der Waals surface area contributed by atoms with Gasteiger partial charge in [-0.1, -0.05) is 20.8 Å². The molecular weight excluding hydrogens is 278 g/mol. The molecule has 1 aliphatic rings. The fraction of sp³-hybridized carbons (Fsp3) is 0.769. The number of nitrogens with one attached hydrogen (secondary N) is 2. The first-order chi connectivity index (χ1) is 9.68. The number of carbonyl (C=O) groups is 3. The summed E-state index contributed by atoms with van der Waals surface area (Å²) in [7, 11) is 1.47. The largest absolute Gasteiger partial charge is 0.480 e. The number of carbonyl (C=O) groups excluding carboxylic acids is 2. The second-order valence-corrected chi connectivity index (χ2v) is 5.99. The minimum Gasteiger partial charge on any atom is -0.480 e. The molecule has 8 nitrogen and oxygen atoms in total. The van der Waals surface area contributed by atoms with Crippen LogP contribution < -0.4 is 10.6 Å². The highest BCUT2D eigenvalue weighted by atomic mass is 16.5. The number of amides is 3. The summed E-state index contributed by atoms with van der Waals surface area (Å²) in [6.45, 7) is 5.82. The van der Waals surface area contributed by atoms with Crippen molar-refractivity contribution in [2.75, 3.05) is 26.8 Å². The van der Waals surface area contributed by atoms with Gasteiger partial charge in [-0.15, -0.1) is 0 Å². The van der Waals surface area contributed by atoms with Gasteiger partial charge in [0.1, 0.15) is 12.1 Å². The minimum absolute atomic E-state index is 0.0976. The third-order valence-corrected chi connectivity index (χ3v) is 3.32. The number of morpholine rings is 1. The van der Waals surface area contributed by atoms with E-state index in [1.807, 2.05) is 0 Å². The molecule has 1 rings (SSSR count). The van der Waals surface area contributed by atoms with Gasteiger partial charge in [0.05, 0.1) is 13.2 Å². The third-order valence-electron chi connectivity index (χ3n) is 3.32. The van der Waals surface area contributed by atoms with Gasteiger partial charge in [-0.05, 0) is 5.41 Å². The Balaban J connectivity index is 2.84. The van der Waals surface area contributed by atoms with Crippen LogP contribution in [0.4, 0.5) is 4.79 Å². The van der Waals surface area contributed by atoms with E-state index in [9.17, 15) is 19.5 Å². The number of carboxylic acids is 1. The predicted octanol–water partition coefficient (Wildman–Crippen LogP) is -0.358. The van der Waals surface area contributed by atoms with E-state index in [2.05, 4.69) is 10.6 Å². The number of hydrogen-bond acceptors (Lipinski definition) is 4. The third kappa shape index (κ3) is 4.32. The lowest BCUT2D eigenvalue weighted by Gasteiger charge is -2.36. The summed E-state index contributed by atoms with van der Waals surface area (Å²) in [5.74, 6) is -1.45. The number of rotatable bonds is 3. The van der Waals surface area contributed by atoms with Gasteiger partial charge in [0.2, 0.25) is 5.91 Å². The molecular formula is C13H23N3O5. The highest BCUT2D eigenvalue weighted by Crippen LogP contribution is 2.20. The van der Waals surface area contributed by atoms with E-state index in [4.69, 9.17) is 4.74 Å². The summed E-state index contributed by atoms with van der Waals surface area (Å²) < 4.78 is 5.21. The van der Waals surface area contributed by atoms with Crippen molar-refractivity contribution >= 4 is 17.9 Å². The molecule has 0 aromatic carbocycles. The SMILES string of the molecule is CNC(=O)C1COCCN1C(=O)NC(C(=O)O)C(C)(C)C. The van der Waals surface area contributed by atoms with E-state index in [0.29, 0.717) is 6.61 Å². The average molecular weight is 301 g/mol. The van der Waals surface area contributed by atoms with Crippen LogP contribution in [0.1, 0.15) is 20.8 Å². The molecule has 0 saturated carbocycles. The van der Waals surface area contributed by atoms with Crippen LogP contribution in [0.5, 0.6) is 0 Å². The number of carboxylic acid groups (broad SMARTS) is 1. The highest BCUT2D eigenvalue weighted by Gasteiger charge is 2.37. The van der Waals surface area contributed by atoms with Crippen molar-refractivity contribution in [1.82, 2.24) is 15.5 Å². The average Bonchev–Trinajstić information content (AvgIpc) is 2.42. The van der Waals surface area contributed by atoms with Gasteiger partial charge in [0.25, 0.3) is 0 Å². The van der Waals surface area contributed by atoms with Gasteiger partial charge in [0, 0.05) is 13.6 Å². The Bertz CT molecular complexity index is 419. The van der Waals surface area contributed by atoms with Crippen LogP contribution in [0.25, 0.3) is 0 Å². The molecule has 0 aliphatic carbocycles. The quantitative estimate of drug-likeness (QED) is 0.660. The van der Waals surface area contributed by atoms with Gasteiger partial charge in [0.15, 0.2) is 0 Å². The van der Waals surface area contributed by atoms with Gasteiger partial charge in [-0.25, -0.2) is 9.59 Å². The molecule has 21 heavy (non-hydrogen) atoms. The van der Waals surface area contributed by atoms with Crippen LogP contribution in [-0.2, 0) is 14.3 Å². The molecule has 1 aliphatic heterocycles. The first kappa shape index (κ1) is 17.2. The number of nitrogens with zero attached hydrogens (tertiary/aromatic N) is 1. The Morgan fingerprint density at radius 2 is 1.95 bits per heavy atom. The molecule has 0 spiro atoms. The summed E-state index contributed by atoms with van der Waals surface area (Å²) in [5, 5.41) is 14.2. The standard InChI is InChI=1S/C13H23N3O5/c1-13(2,3)9(11(18)19)15-12(20)16-5-6-21-7-8(16)10(17)14-4/h8-9H,5-7H2,1-4H3,(H,14,17)(H,15,20)(H,18,19). The van der Waals surface area contributed by atoms with E-state index in [1.54, 1.807) is 20.8 Å². The Morgan fingerprint density at radius 1 is 1.33 bits per heavy atom. The predicted molar refractivity (Wildman–Crippen MR) is 74.8 cm³/mol. The maximum Gasteiger partial charge on any atom is 0.326 e. The molecule has 0 bridgehead atoms. The summed E-state index contributed by atoms with van der Waals surface area (Å²) in [4.78, 5) is 36.7. The number of ether oxygens (including phenoxy) is 1. The second-order valence-electron chi connectivity index (χ2n) is 5.99. The Labute approximate surface area is 123 Å². The van der Waals surface area contributed by atoms with Crippen LogP contribution in [0, 0.1) is 5.41 Å². The number of aliphatic carboxylic acids is 1. The lowest BCUT2D eigenvalue weighted by Crippen LogP contribution is -2.61. The molecule has 2 atom stereocenters. The van der Waals surface area contributed by atoms with Crippen molar-refractivity contribution in [2.24, 2.45) is 5.41 Å². The molecule has 2 unspecified atom stereocenters. The summed E-state index contributed by atoms with van der Waals surface area (Å²) >= 11 is 0. The maximum atomic E-state index is 12.3. The van der Waals surface area contributed by atoms with E-state index in [1.165, 1.54) is 11.9 Å². The van der Waals surface area contributed by atoms with Crippen molar-refractivity contribution in [3.63, 3.8) is 0 Å². The molecule has 8 heteroatoms. The number of urea groups is 1. The zero-order valence-electron chi connectivity index (χ0n) is 12.8. The van der Waals surface area contributed by atoms with E-state index >= 15 is 0 Å². The van der Waals surface area contributed by atoms with Gasteiger partial charge < -0.3 is 25.4 Å². The lowest BCUT2D eigenvalue weighted by molar-refractivity contribution is -0.142. The molecule has 0 aromatic heterocycles. The van der Waals surface area contributed by atoms with Gasteiger partial charge in [-0.3, -0.25) is 4.79 Å². The lowest BCUT2D eigenvalue weighted by atomic mass is 9.87. The molecule has 1 heterocycles. The molecule has 120 valence electrons. The van der Waals surface area contributed by atoms with Gasteiger partial charge in [-0.2, -0.15) is 0 Å². The van der Waals surface area contributed by atoms with Crippen molar-refractivity contribution in [3.05, 3.63) is 0 Å². The van der Waals surface area contributed by atoms with E-state index in [-0.39, 0.29) is 19.1 Å². The Hall–Kier alpha value is -1.83. The van der Waals surface area contributed by atoms with Crippen molar-refractivity contribution < 1.29 is 24.2 Å². The molecule has 0 radical (unpaired) electrons. The van der Waals surface area contributed by atoms with Crippen LogP contribution in [0.15, 0.2) is 0 Å². The van der Waals surface area contributed by atoms with Crippen molar-refractivity contribution in [2.45, 2.75) is 32.9 Å². The molecule has 3 amide bonds. The Morgan fingerprint density at radius 3 is 2.43 bits per heavy atom. The van der Waals surface area contributed by atoms with Crippen LogP contribution in [0.2, 0.25) is 0 Å². The van der Waals surface area contributed by atoms with Crippen LogP contribution in [0.3, 0.4) is 0 Å². The first-order valence-electron chi connectivity index (χ1n) is 6.77. The van der Waals surface area contributed by atoms with Crippen molar-refractivity contribution in [3.8, 4) is 0 Å². The van der Waals surface area contributed by atoms with Crippen LogP contribution in [-0.4, -0.2) is 66.8 Å². The zero-order chi connectivity index (χ0) is 16.2. The first-order valence-corrected chi connectivity index (χ1v) is 6.77. The number of likely N-dealkylation sites (N-methyl/N-ethyl adjacent to an activating group) is 1. The fourth-order valence-corrected chi connectivity index (χ4v) is 2.09.